The van der Waals surface area contributed by atoms with Gasteiger partial charge in [0.05, 0.1) is 12.7 Å². The summed E-state index contributed by atoms with van der Waals surface area (Å²) in [6.07, 6.45) is 9.02. The molecule has 0 unspecified atom stereocenters. The average Bonchev–Trinajstić information content (AvgIpc) is 2.50. The van der Waals surface area contributed by atoms with Crippen molar-refractivity contribution >= 4 is 13.5 Å². The van der Waals surface area contributed by atoms with Crippen LogP contribution in [0, 0.1) is 0 Å². The van der Waals surface area contributed by atoms with E-state index in [-0.39, 0.29) is 0 Å². The number of hydrogen-bond donors (Lipinski definition) is 0. The summed E-state index contributed by atoms with van der Waals surface area (Å²) in [4.78, 5) is 0. The number of rotatable bonds is 3. The molecule has 1 rings (SSSR count). The Morgan fingerprint density at radius 1 is 1.40 bits per heavy atom. The second-order valence-electron chi connectivity index (χ2n) is 2.78. The third-order valence-corrected chi connectivity index (χ3v) is 1.40. The summed E-state index contributed by atoms with van der Waals surface area (Å²) in [5.74, 6) is 0. The highest BCUT2D eigenvalue weighted by Crippen LogP contribution is 2.06. The fourth-order valence-corrected chi connectivity index (χ4v) is 0.909. The van der Waals surface area contributed by atoms with E-state index in [1.807, 2.05) is 23.3 Å². The van der Waals surface area contributed by atoms with Gasteiger partial charge in [0.2, 0.25) is 6.33 Å². The molecule has 0 atom stereocenters. The Morgan fingerprint density at radius 3 is 2.27 bits per heavy atom. The molecule has 0 aromatic carbocycles. The van der Waals surface area contributed by atoms with Crippen LogP contribution in [0.4, 0.5) is 17.3 Å². The van der Waals surface area contributed by atoms with E-state index < -0.39 is 7.25 Å². The van der Waals surface area contributed by atoms with Crippen molar-refractivity contribution in [2.75, 3.05) is 0 Å². The molecule has 1 heterocycles. The van der Waals surface area contributed by atoms with Crippen molar-refractivity contribution in [1.82, 2.24) is 4.57 Å². The first kappa shape index (κ1) is 13.7. The van der Waals surface area contributed by atoms with Crippen LogP contribution >= 0.6 is 0 Å². The number of imidazole rings is 1. The van der Waals surface area contributed by atoms with Gasteiger partial charge in [-0.05, 0) is 6.42 Å². The van der Waals surface area contributed by atoms with Gasteiger partial charge in [0, 0.05) is 0 Å². The van der Waals surface area contributed by atoms with Gasteiger partial charge in [-0.1, -0.05) is 13.5 Å². The first-order valence-electron chi connectivity index (χ1n) is 4.43. The Kier molecular flexibility index (Phi) is 5.73. The largest absolute Gasteiger partial charge is 0.673 e. The zero-order valence-corrected chi connectivity index (χ0v) is 8.41. The molecule has 0 amide bonds. The third-order valence-electron chi connectivity index (χ3n) is 1.40. The zero-order chi connectivity index (χ0) is 11.9. The Bertz CT molecular complexity index is 289. The van der Waals surface area contributed by atoms with Crippen LogP contribution in [0.25, 0.3) is 6.20 Å². The minimum absolute atomic E-state index is 1.08. The molecule has 86 valence electrons. The molecule has 0 aliphatic carbocycles. The summed E-state index contributed by atoms with van der Waals surface area (Å²) in [5.41, 5.74) is 0. The van der Waals surface area contributed by atoms with E-state index in [9.17, 15) is 17.3 Å². The Balaban J connectivity index is 0.000000336. The Morgan fingerprint density at radius 2 is 1.93 bits per heavy atom. The molecule has 0 N–H and O–H groups in total. The van der Waals surface area contributed by atoms with Gasteiger partial charge in [0.25, 0.3) is 0 Å². The lowest BCUT2D eigenvalue weighted by Crippen LogP contribution is -2.30. The third kappa shape index (κ3) is 9.05. The van der Waals surface area contributed by atoms with Crippen LogP contribution in [0.3, 0.4) is 0 Å². The normalized spacial score (nSPS) is 10.5. The molecule has 0 spiro atoms. The average molecular weight is 224 g/mol. The van der Waals surface area contributed by atoms with E-state index in [4.69, 9.17) is 0 Å². The molecular weight excluding hydrogens is 211 g/mol. The van der Waals surface area contributed by atoms with Crippen molar-refractivity contribution in [3.63, 3.8) is 0 Å². The quantitative estimate of drug-likeness (QED) is 0.424. The van der Waals surface area contributed by atoms with Gasteiger partial charge in [0.1, 0.15) is 12.4 Å². The molecule has 0 fully saturated rings. The van der Waals surface area contributed by atoms with Gasteiger partial charge in [0.15, 0.2) is 0 Å². The molecule has 7 heteroatoms. The van der Waals surface area contributed by atoms with Crippen molar-refractivity contribution in [3.05, 3.63) is 25.3 Å². The van der Waals surface area contributed by atoms with Gasteiger partial charge in [-0.3, -0.25) is 0 Å². The molecule has 1 aromatic rings. The molecular formula is C8H13BF4N2. The number of halogens is 4. The van der Waals surface area contributed by atoms with Gasteiger partial charge in [-0.15, -0.1) is 0 Å². The summed E-state index contributed by atoms with van der Waals surface area (Å²) in [6.45, 7) is 6.90. The minimum Gasteiger partial charge on any atom is -0.418 e. The van der Waals surface area contributed by atoms with Crippen LogP contribution in [-0.2, 0) is 6.54 Å². The van der Waals surface area contributed by atoms with E-state index in [0.29, 0.717) is 0 Å². The lowest BCUT2D eigenvalue weighted by atomic mass is 10.3. The van der Waals surface area contributed by atoms with E-state index in [0.717, 1.165) is 6.54 Å². The maximum Gasteiger partial charge on any atom is 0.673 e. The molecule has 0 aliphatic rings. The second-order valence-corrected chi connectivity index (χ2v) is 2.78. The van der Waals surface area contributed by atoms with Crippen LogP contribution < -0.4 is 4.57 Å². The van der Waals surface area contributed by atoms with E-state index in [1.165, 1.54) is 6.42 Å². The highest BCUT2D eigenvalue weighted by Gasteiger charge is 2.20. The molecule has 0 radical (unpaired) electrons. The van der Waals surface area contributed by atoms with Crippen LogP contribution in [0.1, 0.15) is 13.3 Å². The first-order chi connectivity index (χ1) is 6.86. The highest BCUT2D eigenvalue weighted by molar-refractivity contribution is 6.50. The van der Waals surface area contributed by atoms with E-state index >= 15 is 0 Å². The Labute approximate surface area is 85.9 Å². The van der Waals surface area contributed by atoms with Crippen LogP contribution in [0.5, 0.6) is 0 Å². The van der Waals surface area contributed by atoms with Gasteiger partial charge in [-0.2, -0.15) is 0 Å². The number of hydrogen-bond acceptors (Lipinski definition) is 0. The summed E-state index contributed by atoms with van der Waals surface area (Å²) < 4.78 is 43.1. The predicted octanol–water partition coefficient (Wildman–Crippen LogP) is 2.59. The summed E-state index contributed by atoms with van der Waals surface area (Å²) in [5, 5.41) is 0. The number of aryl methyl sites for hydroxylation is 1. The van der Waals surface area contributed by atoms with Crippen LogP contribution in [0.2, 0.25) is 0 Å². The van der Waals surface area contributed by atoms with Crippen molar-refractivity contribution in [1.29, 1.82) is 0 Å². The zero-order valence-electron chi connectivity index (χ0n) is 8.41. The van der Waals surface area contributed by atoms with E-state index in [1.54, 1.807) is 6.20 Å². The molecule has 0 aliphatic heterocycles. The summed E-state index contributed by atoms with van der Waals surface area (Å²) >= 11 is 0. The van der Waals surface area contributed by atoms with E-state index in [2.05, 4.69) is 18.1 Å². The molecule has 0 saturated heterocycles. The fourth-order valence-electron chi connectivity index (χ4n) is 0.909. The molecule has 15 heavy (non-hydrogen) atoms. The van der Waals surface area contributed by atoms with Crippen molar-refractivity contribution < 1.29 is 21.8 Å². The van der Waals surface area contributed by atoms with Gasteiger partial charge < -0.3 is 17.3 Å². The number of aromatic nitrogens is 2. The van der Waals surface area contributed by atoms with Crippen molar-refractivity contribution in [2.24, 2.45) is 0 Å². The molecule has 0 bridgehead atoms. The molecule has 0 saturated carbocycles. The lowest BCUT2D eigenvalue weighted by Gasteiger charge is -1.94. The molecule has 1 aromatic heterocycles. The van der Waals surface area contributed by atoms with Crippen LogP contribution in [-0.4, -0.2) is 11.8 Å². The van der Waals surface area contributed by atoms with Crippen molar-refractivity contribution in [3.8, 4) is 0 Å². The topological polar surface area (TPSA) is 8.81 Å². The monoisotopic (exact) mass is 224 g/mol. The maximum atomic E-state index is 9.75. The number of nitrogens with zero attached hydrogens (tertiary/aromatic N) is 2. The van der Waals surface area contributed by atoms with Crippen LogP contribution in [0.15, 0.2) is 25.3 Å². The first-order valence-corrected chi connectivity index (χ1v) is 4.43. The SMILES string of the molecule is C=Cn1cc[n+](CCC)c1.F[B-](F)(F)F. The summed E-state index contributed by atoms with van der Waals surface area (Å²) in [7, 11) is -6.00. The Hall–Kier alpha value is -1.27. The standard InChI is InChI=1S/C8H13N2.BF4/c1-3-5-10-7-6-9(4-2)8-10;2-1(3,4)5/h4,6-8H,2-3,5H2,1H3;/q+1;-1. The van der Waals surface area contributed by atoms with Gasteiger partial charge >= 0.3 is 7.25 Å². The van der Waals surface area contributed by atoms with Gasteiger partial charge in [-0.25, -0.2) is 9.13 Å². The van der Waals surface area contributed by atoms with Crippen molar-refractivity contribution in [2.45, 2.75) is 19.9 Å². The lowest BCUT2D eigenvalue weighted by molar-refractivity contribution is -0.696. The fraction of sp³-hybridized carbons (Fsp3) is 0.375. The molecule has 2 nitrogen and oxygen atoms in total. The minimum atomic E-state index is -6.00. The highest BCUT2D eigenvalue weighted by atomic mass is 19.5. The maximum absolute atomic E-state index is 9.75. The second kappa shape index (κ2) is 6.26. The predicted molar refractivity (Wildman–Crippen MR) is 51.5 cm³/mol. The smallest absolute Gasteiger partial charge is 0.418 e. The summed E-state index contributed by atoms with van der Waals surface area (Å²) in [6, 6.07) is 0.